The fourth-order valence-corrected chi connectivity index (χ4v) is 0.917. The molecule has 0 bridgehead atoms. The van der Waals surface area contributed by atoms with Crippen LogP contribution in [0.15, 0.2) is 0 Å². The van der Waals surface area contributed by atoms with Gasteiger partial charge in [0.15, 0.2) is 0 Å². The van der Waals surface area contributed by atoms with Gasteiger partial charge in [-0.15, -0.1) is 5.10 Å². The van der Waals surface area contributed by atoms with Gasteiger partial charge in [0, 0.05) is 14.1 Å². The van der Waals surface area contributed by atoms with E-state index < -0.39 is 5.91 Å². The van der Waals surface area contributed by atoms with Gasteiger partial charge in [0.25, 0.3) is 5.91 Å². The van der Waals surface area contributed by atoms with E-state index in [4.69, 9.17) is 5.73 Å². The molecule has 82 valence electrons. The molecule has 4 N–H and O–H groups in total. The molecule has 0 radical (unpaired) electrons. The van der Waals surface area contributed by atoms with Crippen molar-refractivity contribution < 1.29 is 9.59 Å². The Morgan fingerprint density at radius 1 is 1.60 bits per heavy atom. The number of hydrogen-bond donors (Lipinski definition) is 3. The second-order valence-corrected chi connectivity index (χ2v) is 2.88. The van der Waals surface area contributed by atoms with Crippen LogP contribution in [0.3, 0.4) is 0 Å². The van der Waals surface area contributed by atoms with Gasteiger partial charge in [-0.05, 0) is 0 Å². The second kappa shape index (κ2) is 4.40. The topological polar surface area (TPSA) is 117 Å². The molecule has 1 rings (SSSR count). The summed E-state index contributed by atoms with van der Waals surface area (Å²) in [7, 11) is 2.98. The number of nitrogens with two attached hydrogens (primary N) is 1. The number of hydrogen-bond acceptors (Lipinski definition) is 5. The summed E-state index contributed by atoms with van der Waals surface area (Å²) in [5, 5.41) is 8.29. The highest BCUT2D eigenvalue weighted by Gasteiger charge is 2.17. The largest absolute Gasteiger partial charge is 0.366 e. The number of nitrogens with zero attached hydrogens (tertiary/aromatic N) is 3. The lowest BCUT2D eigenvalue weighted by Gasteiger charge is -2.13. The van der Waals surface area contributed by atoms with Crippen molar-refractivity contribution in [3.63, 3.8) is 0 Å². The zero-order valence-electron chi connectivity index (χ0n) is 8.44. The predicted octanol–water partition coefficient (Wildman–Crippen LogP) is -1.80. The first kappa shape index (κ1) is 11.0. The third-order valence-electron chi connectivity index (χ3n) is 1.71. The predicted molar refractivity (Wildman–Crippen MR) is 51.8 cm³/mol. The molecule has 0 fully saturated rings. The highest BCUT2D eigenvalue weighted by molar-refractivity contribution is 5.93. The van der Waals surface area contributed by atoms with E-state index in [1.165, 1.54) is 19.0 Å². The van der Waals surface area contributed by atoms with Crippen LogP contribution >= 0.6 is 0 Å². The van der Waals surface area contributed by atoms with E-state index in [9.17, 15) is 9.59 Å². The lowest BCUT2D eigenvalue weighted by molar-refractivity contribution is -0.121. The maximum absolute atomic E-state index is 11.6. The maximum Gasteiger partial charge on any atom is 0.291 e. The van der Waals surface area contributed by atoms with Crippen molar-refractivity contribution in [2.45, 2.75) is 0 Å². The third-order valence-corrected chi connectivity index (χ3v) is 1.71. The van der Waals surface area contributed by atoms with Crippen molar-refractivity contribution in [2.75, 3.05) is 26.4 Å². The number of rotatable bonds is 3. The van der Waals surface area contributed by atoms with E-state index in [2.05, 4.69) is 20.5 Å². The number of likely N-dealkylation sites (N-methyl/N-ethyl adjacent to an activating group) is 2. The van der Waals surface area contributed by atoms with Gasteiger partial charge in [0.2, 0.25) is 17.7 Å². The Morgan fingerprint density at radius 2 is 2.27 bits per heavy atom. The Kier molecular flexibility index (Phi) is 3.21. The Bertz CT molecular complexity index is 373. The average molecular weight is 212 g/mol. The minimum atomic E-state index is -0.442. The van der Waals surface area contributed by atoms with Gasteiger partial charge < -0.3 is 16.0 Å². The monoisotopic (exact) mass is 212 g/mol. The molecule has 0 aliphatic heterocycles. The number of nitrogens with one attached hydrogen (secondary N) is 2. The van der Waals surface area contributed by atoms with E-state index in [0.717, 1.165) is 0 Å². The first-order valence-corrected chi connectivity index (χ1v) is 4.18. The fourth-order valence-electron chi connectivity index (χ4n) is 0.917. The van der Waals surface area contributed by atoms with Crippen molar-refractivity contribution in [3.05, 3.63) is 5.82 Å². The van der Waals surface area contributed by atoms with Gasteiger partial charge in [-0.25, -0.2) is 0 Å². The van der Waals surface area contributed by atoms with E-state index in [-0.39, 0.29) is 24.2 Å². The number of carbonyl (C=O) groups excluding carboxylic acids is 2. The number of H-pyrrole nitrogens is 1. The standard InChI is InChI=1S/C7H12N6O2/c1-9-4(14)3-13(2)6(15)5-10-7(8)12-11-5/h3H2,1-2H3,(H,9,14)(H3,8,10,11,12). The number of aromatic nitrogens is 3. The first-order chi connectivity index (χ1) is 7.04. The molecule has 0 unspecified atom stereocenters. The molecule has 0 atom stereocenters. The molecule has 1 aromatic rings. The molecule has 15 heavy (non-hydrogen) atoms. The highest BCUT2D eigenvalue weighted by Crippen LogP contribution is 1.97. The molecule has 8 nitrogen and oxygen atoms in total. The van der Waals surface area contributed by atoms with Crippen molar-refractivity contribution in [3.8, 4) is 0 Å². The minimum absolute atomic E-state index is 0.00769. The average Bonchev–Trinajstić information content (AvgIpc) is 2.63. The SMILES string of the molecule is CNC(=O)CN(C)C(=O)c1nc(N)n[nH]1. The van der Waals surface area contributed by atoms with Crippen LogP contribution in [0, 0.1) is 0 Å². The van der Waals surface area contributed by atoms with Crippen LogP contribution < -0.4 is 11.1 Å². The van der Waals surface area contributed by atoms with Gasteiger partial charge in [-0.2, -0.15) is 4.98 Å². The second-order valence-electron chi connectivity index (χ2n) is 2.88. The lowest BCUT2D eigenvalue weighted by atomic mass is 10.4. The zero-order chi connectivity index (χ0) is 11.4. The Morgan fingerprint density at radius 3 is 2.73 bits per heavy atom. The molecular weight excluding hydrogens is 200 g/mol. The zero-order valence-corrected chi connectivity index (χ0v) is 8.44. The summed E-state index contributed by atoms with van der Waals surface area (Å²) in [4.78, 5) is 27.4. The van der Waals surface area contributed by atoms with Crippen molar-refractivity contribution >= 4 is 17.8 Å². The fraction of sp³-hybridized carbons (Fsp3) is 0.429. The summed E-state index contributed by atoms with van der Waals surface area (Å²) in [6.07, 6.45) is 0. The highest BCUT2D eigenvalue weighted by atomic mass is 16.2. The van der Waals surface area contributed by atoms with Crippen molar-refractivity contribution in [1.82, 2.24) is 25.4 Å². The maximum atomic E-state index is 11.6. The van der Waals surface area contributed by atoms with E-state index in [0.29, 0.717) is 0 Å². The molecule has 0 aliphatic rings. The summed E-state index contributed by atoms with van der Waals surface area (Å²) in [6.45, 7) is -0.0457. The Labute approximate surface area is 85.8 Å². The van der Waals surface area contributed by atoms with Gasteiger partial charge in [0.1, 0.15) is 0 Å². The smallest absolute Gasteiger partial charge is 0.291 e. The van der Waals surface area contributed by atoms with Crippen LogP contribution in [-0.2, 0) is 4.79 Å². The molecule has 0 aliphatic carbocycles. The molecule has 1 heterocycles. The van der Waals surface area contributed by atoms with Crippen LogP contribution in [-0.4, -0.2) is 52.5 Å². The van der Waals surface area contributed by atoms with E-state index >= 15 is 0 Å². The molecule has 8 heteroatoms. The lowest BCUT2D eigenvalue weighted by Crippen LogP contribution is -2.37. The Balaban J connectivity index is 2.64. The molecule has 2 amide bonds. The van der Waals surface area contributed by atoms with Crippen molar-refractivity contribution in [1.29, 1.82) is 0 Å². The van der Waals surface area contributed by atoms with Crippen LogP contribution in [0.5, 0.6) is 0 Å². The van der Waals surface area contributed by atoms with Crippen LogP contribution in [0.25, 0.3) is 0 Å². The third kappa shape index (κ3) is 2.66. The van der Waals surface area contributed by atoms with Gasteiger partial charge in [-0.3, -0.25) is 14.7 Å². The summed E-state index contributed by atoms with van der Waals surface area (Å²) in [5.41, 5.74) is 5.24. The van der Waals surface area contributed by atoms with E-state index in [1.54, 1.807) is 0 Å². The van der Waals surface area contributed by atoms with Crippen LogP contribution in [0.1, 0.15) is 10.6 Å². The first-order valence-electron chi connectivity index (χ1n) is 4.18. The van der Waals surface area contributed by atoms with Gasteiger partial charge >= 0.3 is 0 Å². The Hall–Kier alpha value is -2.12. The van der Waals surface area contributed by atoms with Crippen LogP contribution in [0.4, 0.5) is 5.95 Å². The molecule has 1 aromatic heterocycles. The molecule has 0 saturated carbocycles. The normalized spacial score (nSPS) is 9.73. The molecule has 0 aromatic carbocycles. The summed E-state index contributed by atoms with van der Waals surface area (Å²) < 4.78 is 0. The molecule has 0 saturated heterocycles. The van der Waals surface area contributed by atoms with Crippen LogP contribution in [0.2, 0.25) is 0 Å². The number of aromatic amines is 1. The van der Waals surface area contributed by atoms with E-state index in [1.807, 2.05) is 0 Å². The number of nitrogen functional groups attached to an aromatic ring is 1. The summed E-state index contributed by atoms with van der Waals surface area (Å²) in [5.74, 6) is -0.702. The van der Waals surface area contributed by atoms with Gasteiger partial charge in [-0.1, -0.05) is 0 Å². The minimum Gasteiger partial charge on any atom is -0.366 e. The molecule has 0 spiro atoms. The summed E-state index contributed by atoms with van der Waals surface area (Å²) >= 11 is 0. The number of amides is 2. The quantitative estimate of drug-likeness (QED) is 0.546. The van der Waals surface area contributed by atoms with Gasteiger partial charge in [0.05, 0.1) is 6.54 Å². The summed E-state index contributed by atoms with van der Waals surface area (Å²) in [6, 6.07) is 0. The molecular formula is C7H12N6O2. The number of anilines is 1. The number of carbonyl (C=O) groups is 2. The van der Waals surface area contributed by atoms with Crippen molar-refractivity contribution in [2.24, 2.45) is 0 Å².